The molecule has 0 spiro atoms. The number of anilines is 2. The molecule has 1 fully saturated rings. The summed E-state index contributed by atoms with van der Waals surface area (Å²) in [4.78, 5) is 6.74. The molecule has 1 aliphatic heterocycles. The van der Waals surface area contributed by atoms with Gasteiger partial charge in [0.1, 0.15) is 6.04 Å². The predicted molar refractivity (Wildman–Crippen MR) is 148 cm³/mol. The molecule has 184 valence electrons. The molecule has 0 bridgehead atoms. The maximum absolute atomic E-state index is 11.8. The molecule has 0 radical (unpaired) electrons. The van der Waals surface area contributed by atoms with E-state index in [0.29, 0.717) is 10.8 Å². The Labute approximate surface area is 216 Å². The molecule has 2 unspecified atom stereocenters. The van der Waals surface area contributed by atoms with Gasteiger partial charge >= 0.3 is 0 Å². The van der Waals surface area contributed by atoms with E-state index >= 15 is 0 Å². The Bertz CT molecular complexity index is 1520. The van der Waals surface area contributed by atoms with Gasteiger partial charge in [0.25, 0.3) is 0 Å². The monoisotopic (exact) mass is 517 g/mol. The molecule has 3 heterocycles. The van der Waals surface area contributed by atoms with Crippen LogP contribution < -0.4 is 14.9 Å². The summed E-state index contributed by atoms with van der Waals surface area (Å²) in [5, 5.41) is 4.08. The van der Waals surface area contributed by atoms with Gasteiger partial charge in [-0.05, 0) is 86.2 Å². The first kappa shape index (κ1) is 24.0. The van der Waals surface area contributed by atoms with E-state index in [9.17, 15) is 8.42 Å². The van der Waals surface area contributed by atoms with Crippen molar-refractivity contribution in [3.63, 3.8) is 0 Å². The van der Waals surface area contributed by atoms with Crippen molar-refractivity contribution in [2.24, 2.45) is 0 Å². The van der Waals surface area contributed by atoms with Crippen LogP contribution in [-0.2, 0) is 10.0 Å². The maximum atomic E-state index is 11.8. The molecule has 2 atom stereocenters. The number of sulfonamides is 1. The molecular weight excluding hydrogens is 490 g/mol. The van der Waals surface area contributed by atoms with Crippen LogP contribution in [0.3, 0.4) is 0 Å². The van der Waals surface area contributed by atoms with Gasteiger partial charge in [-0.25, -0.2) is 8.42 Å². The number of aryl methyl sites for hydroxylation is 2. The van der Waals surface area contributed by atoms with Crippen LogP contribution in [0.4, 0.5) is 11.4 Å². The summed E-state index contributed by atoms with van der Waals surface area (Å²) in [5.74, 6) is 0. The third kappa shape index (κ3) is 4.59. The van der Waals surface area contributed by atoms with Crippen molar-refractivity contribution in [1.82, 2.24) is 14.9 Å². The van der Waals surface area contributed by atoms with Crippen LogP contribution in [-0.4, -0.2) is 29.3 Å². The normalized spacial score (nSPS) is 17.8. The molecule has 0 saturated carbocycles. The summed E-state index contributed by atoms with van der Waals surface area (Å²) in [6.07, 6.45) is 2.94. The van der Waals surface area contributed by atoms with Gasteiger partial charge in [-0.2, -0.15) is 0 Å². The molecule has 7 nitrogen and oxygen atoms in total. The zero-order valence-electron chi connectivity index (χ0n) is 20.2. The fourth-order valence-electron chi connectivity index (χ4n) is 4.76. The third-order valence-corrected chi connectivity index (χ3v) is 7.21. The number of thiocarbonyl (C=S) groups is 1. The average Bonchev–Trinajstić information content (AvgIpc) is 3.40. The van der Waals surface area contributed by atoms with Crippen molar-refractivity contribution < 1.29 is 8.42 Å². The highest BCUT2D eigenvalue weighted by molar-refractivity contribution is 7.92. The fourth-order valence-corrected chi connectivity index (χ4v) is 5.74. The number of pyridine rings is 1. The van der Waals surface area contributed by atoms with Crippen LogP contribution in [0, 0.1) is 13.8 Å². The van der Waals surface area contributed by atoms with Crippen molar-refractivity contribution in [3.8, 4) is 5.69 Å². The van der Waals surface area contributed by atoms with Crippen molar-refractivity contribution in [2.45, 2.75) is 25.9 Å². The van der Waals surface area contributed by atoms with Crippen LogP contribution >= 0.6 is 12.2 Å². The number of nitrogens with one attached hydrogen (secondary N) is 2. The SMILES string of the molecule is Cc1cc(N2C(=S)NC(c3ccccn3)C2c2ccc(C)n2-c2ccccc2)ccc1NS(C)(=O)=O. The number of hydrogen-bond acceptors (Lipinski definition) is 4. The van der Waals surface area contributed by atoms with Crippen LogP contribution in [0.1, 0.15) is 34.7 Å². The number of rotatable bonds is 6. The van der Waals surface area contributed by atoms with E-state index in [4.69, 9.17) is 12.2 Å². The average molecular weight is 518 g/mol. The lowest BCUT2D eigenvalue weighted by Crippen LogP contribution is -2.30. The highest BCUT2D eigenvalue weighted by Crippen LogP contribution is 2.43. The Morgan fingerprint density at radius 2 is 1.69 bits per heavy atom. The molecule has 2 aromatic heterocycles. The summed E-state index contributed by atoms with van der Waals surface area (Å²) >= 11 is 5.87. The van der Waals surface area contributed by atoms with Crippen molar-refractivity contribution in [2.75, 3.05) is 15.9 Å². The Balaban J connectivity index is 1.66. The van der Waals surface area contributed by atoms with Crippen molar-refractivity contribution in [3.05, 3.63) is 108 Å². The van der Waals surface area contributed by atoms with Crippen LogP contribution in [0.5, 0.6) is 0 Å². The second-order valence-corrected chi connectivity index (χ2v) is 11.1. The van der Waals surface area contributed by atoms with Gasteiger partial charge in [-0.1, -0.05) is 24.3 Å². The predicted octanol–water partition coefficient (Wildman–Crippen LogP) is 5.04. The summed E-state index contributed by atoms with van der Waals surface area (Å²) in [6, 6.07) is 25.6. The summed E-state index contributed by atoms with van der Waals surface area (Å²) in [6.45, 7) is 3.97. The van der Waals surface area contributed by atoms with Crippen LogP contribution in [0.2, 0.25) is 0 Å². The molecule has 9 heteroatoms. The number of para-hydroxylation sites is 1. The minimum Gasteiger partial charge on any atom is -0.351 e. The van der Waals surface area contributed by atoms with E-state index in [0.717, 1.165) is 40.3 Å². The topological polar surface area (TPSA) is 79.3 Å². The minimum atomic E-state index is -3.39. The number of aromatic nitrogens is 2. The second-order valence-electron chi connectivity index (χ2n) is 8.94. The molecule has 0 aliphatic carbocycles. The minimum absolute atomic E-state index is 0.190. The number of benzene rings is 2. The van der Waals surface area contributed by atoms with E-state index in [1.54, 1.807) is 12.3 Å². The van der Waals surface area contributed by atoms with Gasteiger partial charge in [0.05, 0.1) is 23.7 Å². The first-order valence-corrected chi connectivity index (χ1v) is 13.9. The number of hydrogen-bond donors (Lipinski definition) is 2. The Morgan fingerprint density at radius 3 is 2.36 bits per heavy atom. The van der Waals surface area contributed by atoms with E-state index in [-0.39, 0.29) is 12.1 Å². The lowest BCUT2D eigenvalue weighted by atomic mass is 10.0. The lowest BCUT2D eigenvalue weighted by molar-refractivity contribution is 0.548. The van der Waals surface area contributed by atoms with E-state index in [2.05, 4.69) is 55.7 Å². The summed E-state index contributed by atoms with van der Waals surface area (Å²) in [5.41, 5.74) is 6.34. The molecule has 0 amide bonds. The second kappa shape index (κ2) is 9.40. The largest absolute Gasteiger partial charge is 0.351 e. The molecule has 2 N–H and O–H groups in total. The lowest BCUT2D eigenvalue weighted by Gasteiger charge is -2.30. The Morgan fingerprint density at radius 1 is 0.944 bits per heavy atom. The fraction of sp³-hybridized carbons (Fsp3) is 0.185. The van der Waals surface area contributed by atoms with Crippen LogP contribution in [0.25, 0.3) is 5.69 Å². The maximum Gasteiger partial charge on any atom is 0.229 e. The third-order valence-electron chi connectivity index (χ3n) is 6.31. The quantitative estimate of drug-likeness (QED) is 0.349. The molecule has 5 rings (SSSR count). The highest BCUT2D eigenvalue weighted by atomic mass is 32.2. The first-order valence-electron chi connectivity index (χ1n) is 11.6. The molecule has 36 heavy (non-hydrogen) atoms. The molecule has 1 saturated heterocycles. The summed E-state index contributed by atoms with van der Waals surface area (Å²) < 4.78 is 28.4. The Kier molecular flexibility index (Phi) is 6.27. The van der Waals surface area contributed by atoms with Gasteiger partial charge in [0.15, 0.2) is 5.11 Å². The van der Waals surface area contributed by atoms with Crippen LogP contribution in [0.15, 0.2) is 85.1 Å². The molecule has 4 aromatic rings. The van der Waals surface area contributed by atoms with Gasteiger partial charge < -0.3 is 14.8 Å². The molecule has 2 aromatic carbocycles. The highest BCUT2D eigenvalue weighted by Gasteiger charge is 2.42. The van der Waals surface area contributed by atoms with Crippen molar-refractivity contribution >= 4 is 38.7 Å². The van der Waals surface area contributed by atoms with Gasteiger partial charge in [0, 0.05) is 29.0 Å². The van der Waals surface area contributed by atoms with Gasteiger partial charge in [-0.15, -0.1) is 0 Å². The van der Waals surface area contributed by atoms with E-state index < -0.39 is 10.0 Å². The number of nitrogens with zero attached hydrogens (tertiary/aromatic N) is 3. The zero-order valence-corrected chi connectivity index (χ0v) is 21.8. The standard InChI is InChI=1S/C27H27N5O2S2/c1-18-17-21(13-14-22(18)30-36(3,33)34)32-26(25(29-27(32)35)23-11-7-8-16-28-23)24-15-12-19(2)31(24)20-9-5-4-6-10-20/h4-17,25-26,30H,1-3H3,(H,29,35). The van der Waals surface area contributed by atoms with E-state index in [1.807, 2.05) is 55.5 Å². The van der Waals surface area contributed by atoms with Gasteiger partial charge in [0.2, 0.25) is 10.0 Å². The molecular formula is C27H27N5O2S2. The zero-order chi connectivity index (χ0) is 25.4. The summed E-state index contributed by atoms with van der Waals surface area (Å²) in [7, 11) is -3.39. The van der Waals surface area contributed by atoms with E-state index in [1.165, 1.54) is 0 Å². The molecule has 1 aliphatic rings. The Hall–Kier alpha value is -3.69. The van der Waals surface area contributed by atoms with Crippen molar-refractivity contribution in [1.29, 1.82) is 0 Å². The first-order chi connectivity index (χ1) is 17.2. The van der Waals surface area contributed by atoms with Gasteiger partial charge in [-0.3, -0.25) is 9.71 Å². The smallest absolute Gasteiger partial charge is 0.229 e.